The van der Waals surface area contributed by atoms with Gasteiger partial charge in [0.05, 0.1) is 0 Å². The number of aromatic nitrogens is 2. The molecule has 1 rings (SSSR count). The first kappa shape index (κ1) is 15.2. The minimum absolute atomic E-state index is 0.0414. The van der Waals surface area contributed by atoms with Crippen LogP contribution in [0.15, 0.2) is 6.07 Å². The maximum absolute atomic E-state index is 12.5. The van der Waals surface area contributed by atoms with Crippen molar-refractivity contribution >= 4 is 28.2 Å². The van der Waals surface area contributed by atoms with Gasteiger partial charge in [-0.15, -0.1) is 0 Å². The Balaban J connectivity index is 2.90. The van der Waals surface area contributed by atoms with Crippen LogP contribution in [0.3, 0.4) is 0 Å². The molecule has 2 unspecified atom stereocenters. The molecule has 0 aliphatic carbocycles. The number of alkyl halides is 3. The quantitative estimate of drug-likeness (QED) is 0.867. The maximum Gasteiger partial charge on any atom is 0.433 e. The standard InChI is InChI=1S/C9H11ClF3N3OS/c1-5(4-18(2)17)14-7-3-6(9(11,12)13)15-8(10)16-7/h3,5H,4H2,1-2H3,(H,14,15,16). The van der Waals surface area contributed by atoms with Gasteiger partial charge >= 0.3 is 6.18 Å². The third-order valence-electron chi connectivity index (χ3n) is 1.87. The first-order chi connectivity index (χ1) is 8.18. The Morgan fingerprint density at radius 3 is 2.61 bits per heavy atom. The zero-order valence-electron chi connectivity index (χ0n) is 9.58. The van der Waals surface area contributed by atoms with Crippen LogP contribution in [-0.4, -0.2) is 32.2 Å². The van der Waals surface area contributed by atoms with E-state index in [9.17, 15) is 17.4 Å². The molecule has 9 heteroatoms. The second kappa shape index (κ2) is 5.83. The molecule has 102 valence electrons. The third kappa shape index (κ3) is 4.77. The van der Waals surface area contributed by atoms with Crippen LogP contribution in [-0.2, 0) is 17.0 Å². The Morgan fingerprint density at radius 2 is 2.11 bits per heavy atom. The average molecular weight is 302 g/mol. The Bertz CT molecular complexity index is 455. The molecule has 0 saturated heterocycles. The normalized spacial score (nSPS) is 15.2. The van der Waals surface area contributed by atoms with Crippen molar-refractivity contribution in [1.82, 2.24) is 9.97 Å². The lowest BCUT2D eigenvalue weighted by Gasteiger charge is -2.14. The van der Waals surface area contributed by atoms with Gasteiger partial charge in [-0.2, -0.15) is 13.2 Å². The average Bonchev–Trinajstić information content (AvgIpc) is 2.13. The Hall–Kier alpha value is -0.890. The van der Waals surface area contributed by atoms with Crippen molar-refractivity contribution in [3.05, 3.63) is 17.0 Å². The van der Waals surface area contributed by atoms with Crippen LogP contribution in [0.1, 0.15) is 12.6 Å². The summed E-state index contributed by atoms with van der Waals surface area (Å²) < 4.78 is 48.4. The number of halogens is 4. The second-order valence-corrected chi connectivity index (χ2v) is 5.51. The highest BCUT2D eigenvalue weighted by atomic mass is 35.5. The molecule has 0 spiro atoms. The van der Waals surface area contributed by atoms with Crippen molar-refractivity contribution in [3.63, 3.8) is 0 Å². The van der Waals surface area contributed by atoms with Crippen LogP contribution in [0.5, 0.6) is 0 Å². The molecular formula is C9H11ClF3N3OS. The highest BCUT2D eigenvalue weighted by Gasteiger charge is 2.33. The number of nitrogens with zero attached hydrogens (tertiary/aromatic N) is 2. The molecule has 0 fully saturated rings. The van der Waals surface area contributed by atoms with Crippen LogP contribution >= 0.6 is 11.6 Å². The number of nitrogens with one attached hydrogen (secondary N) is 1. The zero-order valence-corrected chi connectivity index (χ0v) is 11.2. The van der Waals surface area contributed by atoms with E-state index in [0.717, 1.165) is 6.07 Å². The number of hydrogen-bond donors (Lipinski definition) is 1. The molecule has 0 amide bonds. The van der Waals surface area contributed by atoms with E-state index in [-0.39, 0.29) is 11.9 Å². The molecule has 0 aromatic carbocycles. The van der Waals surface area contributed by atoms with Crippen LogP contribution in [0.2, 0.25) is 5.28 Å². The molecule has 2 atom stereocenters. The summed E-state index contributed by atoms with van der Waals surface area (Å²) in [4.78, 5) is 6.74. The fraction of sp³-hybridized carbons (Fsp3) is 0.556. The van der Waals surface area contributed by atoms with E-state index < -0.39 is 28.0 Å². The highest BCUT2D eigenvalue weighted by Crippen LogP contribution is 2.29. The number of rotatable bonds is 4. The molecule has 0 radical (unpaired) electrons. The summed E-state index contributed by atoms with van der Waals surface area (Å²) in [6, 6.07) is 0.476. The summed E-state index contributed by atoms with van der Waals surface area (Å²) in [6.45, 7) is 1.69. The molecule has 0 aliphatic heterocycles. The fourth-order valence-electron chi connectivity index (χ4n) is 1.28. The van der Waals surface area contributed by atoms with E-state index in [1.807, 2.05) is 0 Å². The number of anilines is 1. The Labute approximate surface area is 109 Å². The maximum atomic E-state index is 12.5. The van der Waals surface area contributed by atoms with E-state index in [1.54, 1.807) is 6.92 Å². The van der Waals surface area contributed by atoms with Crippen LogP contribution in [0.4, 0.5) is 19.0 Å². The van der Waals surface area contributed by atoms with Gasteiger partial charge in [-0.3, -0.25) is 4.21 Å². The lowest BCUT2D eigenvalue weighted by molar-refractivity contribution is -0.141. The van der Waals surface area contributed by atoms with Gasteiger partial charge < -0.3 is 5.32 Å². The van der Waals surface area contributed by atoms with Crippen molar-refractivity contribution in [2.45, 2.75) is 19.1 Å². The van der Waals surface area contributed by atoms with Crippen molar-refractivity contribution in [1.29, 1.82) is 0 Å². The van der Waals surface area contributed by atoms with Crippen LogP contribution < -0.4 is 5.32 Å². The van der Waals surface area contributed by atoms with Gasteiger partial charge in [0.25, 0.3) is 0 Å². The molecule has 0 saturated carbocycles. The summed E-state index contributed by atoms with van der Waals surface area (Å²) >= 11 is 5.42. The van der Waals surface area contributed by atoms with Crippen LogP contribution in [0.25, 0.3) is 0 Å². The minimum atomic E-state index is -4.58. The summed E-state index contributed by atoms with van der Waals surface area (Å²) in [5.74, 6) is 0.253. The van der Waals surface area contributed by atoms with Crippen molar-refractivity contribution in [3.8, 4) is 0 Å². The van der Waals surface area contributed by atoms with Crippen molar-refractivity contribution in [2.75, 3.05) is 17.3 Å². The molecule has 1 N–H and O–H groups in total. The summed E-state index contributed by atoms with van der Waals surface area (Å²) in [7, 11) is -1.06. The summed E-state index contributed by atoms with van der Waals surface area (Å²) in [5.41, 5.74) is -1.12. The van der Waals surface area contributed by atoms with Gasteiger partial charge in [0.1, 0.15) is 5.82 Å². The Kier molecular flexibility index (Phi) is 4.92. The first-order valence-corrected chi connectivity index (χ1v) is 6.97. The van der Waals surface area contributed by atoms with Gasteiger partial charge in [-0.1, -0.05) is 0 Å². The van der Waals surface area contributed by atoms with Gasteiger partial charge in [0.2, 0.25) is 5.28 Å². The van der Waals surface area contributed by atoms with Gasteiger partial charge in [0, 0.05) is 34.9 Å². The largest absolute Gasteiger partial charge is 0.433 e. The molecule has 4 nitrogen and oxygen atoms in total. The summed E-state index contributed by atoms with van der Waals surface area (Å²) in [6.07, 6.45) is -3.08. The second-order valence-electron chi connectivity index (χ2n) is 3.69. The van der Waals surface area contributed by atoms with E-state index >= 15 is 0 Å². The van der Waals surface area contributed by atoms with E-state index in [2.05, 4.69) is 15.3 Å². The smallest absolute Gasteiger partial charge is 0.367 e. The van der Waals surface area contributed by atoms with Crippen LogP contribution in [0, 0.1) is 0 Å². The van der Waals surface area contributed by atoms with Gasteiger partial charge in [-0.05, 0) is 18.5 Å². The lowest BCUT2D eigenvalue weighted by atomic mass is 10.3. The monoisotopic (exact) mass is 301 g/mol. The molecular weight excluding hydrogens is 291 g/mol. The van der Waals surface area contributed by atoms with E-state index in [4.69, 9.17) is 11.6 Å². The molecule has 18 heavy (non-hydrogen) atoms. The predicted octanol–water partition coefficient (Wildman–Crippen LogP) is 2.33. The summed E-state index contributed by atoms with van der Waals surface area (Å²) in [5, 5.41) is 2.21. The molecule has 1 aromatic rings. The Morgan fingerprint density at radius 1 is 1.50 bits per heavy atom. The number of hydrogen-bond acceptors (Lipinski definition) is 4. The highest BCUT2D eigenvalue weighted by molar-refractivity contribution is 7.84. The van der Waals surface area contributed by atoms with Gasteiger partial charge in [0.15, 0.2) is 5.69 Å². The fourth-order valence-corrected chi connectivity index (χ4v) is 2.25. The molecule has 1 aromatic heterocycles. The third-order valence-corrected chi connectivity index (χ3v) is 3.01. The van der Waals surface area contributed by atoms with Crippen molar-refractivity contribution in [2.24, 2.45) is 0 Å². The predicted molar refractivity (Wildman–Crippen MR) is 64.1 cm³/mol. The van der Waals surface area contributed by atoms with Crippen molar-refractivity contribution < 1.29 is 17.4 Å². The molecule has 0 bridgehead atoms. The van der Waals surface area contributed by atoms with E-state index in [0.29, 0.717) is 5.75 Å². The van der Waals surface area contributed by atoms with E-state index in [1.165, 1.54) is 6.26 Å². The SMILES string of the molecule is CC(CS(C)=O)Nc1cc(C(F)(F)F)nc(Cl)n1. The topological polar surface area (TPSA) is 54.9 Å². The lowest BCUT2D eigenvalue weighted by Crippen LogP contribution is -2.23. The molecule has 1 heterocycles. The minimum Gasteiger partial charge on any atom is -0.367 e. The first-order valence-electron chi connectivity index (χ1n) is 4.87. The zero-order chi connectivity index (χ0) is 13.9. The van der Waals surface area contributed by atoms with Gasteiger partial charge in [-0.25, -0.2) is 9.97 Å². The molecule has 0 aliphatic rings.